The minimum Gasteiger partial charge on any atom is -0.481 e. The van der Waals surface area contributed by atoms with E-state index >= 15 is 0 Å². The summed E-state index contributed by atoms with van der Waals surface area (Å²) in [4.78, 5) is 21.3. The summed E-state index contributed by atoms with van der Waals surface area (Å²) in [5.41, 5.74) is 0. The van der Waals surface area contributed by atoms with Gasteiger partial charge in [0.25, 0.3) is 0 Å². The van der Waals surface area contributed by atoms with Crippen molar-refractivity contribution in [3.8, 4) is 6.07 Å². The molecular formula is C10H15NO4. The predicted octanol–water partition coefficient (Wildman–Crippen LogP) is 1.35. The van der Waals surface area contributed by atoms with Crippen molar-refractivity contribution in [3.05, 3.63) is 0 Å². The summed E-state index contributed by atoms with van der Waals surface area (Å²) in [6, 6.07) is 1.65. The first-order valence-electron chi connectivity index (χ1n) is 4.72. The Kier molecular flexibility index (Phi) is 5.39. The first-order valence-corrected chi connectivity index (χ1v) is 4.72. The smallest absolute Gasteiger partial charge is 0.321 e. The first kappa shape index (κ1) is 13.4. The Bertz CT molecular complexity index is 280. The Hall–Kier alpha value is -1.57. The number of rotatable bonds is 6. The van der Waals surface area contributed by atoms with Gasteiger partial charge in [-0.3, -0.25) is 9.59 Å². The van der Waals surface area contributed by atoms with Crippen molar-refractivity contribution in [3.63, 3.8) is 0 Å². The average molecular weight is 213 g/mol. The molecule has 84 valence electrons. The van der Waals surface area contributed by atoms with Crippen LogP contribution in [-0.4, -0.2) is 22.2 Å². The summed E-state index contributed by atoms with van der Waals surface area (Å²) in [6.45, 7) is 3.73. The van der Waals surface area contributed by atoms with Crippen LogP contribution in [0.1, 0.15) is 26.7 Å². The monoisotopic (exact) mass is 213 g/mol. The number of hydrogen-bond donors (Lipinski definition) is 2. The molecule has 0 rings (SSSR count). The van der Waals surface area contributed by atoms with Crippen molar-refractivity contribution in [1.29, 1.82) is 5.26 Å². The minimum atomic E-state index is -1.25. The summed E-state index contributed by atoms with van der Waals surface area (Å²) in [5, 5.41) is 26.0. The third-order valence-electron chi connectivity index (χ3n) is 2.09. The second-order valence-corrected chi connectivity index (χ2v) is 3.93. The molecule has 0 aliphatic carbocycles. The molecule has 0 aromatic rings. The number of carboxylic acid groups (broad SMARTS) is 2. The van der Waals surface area contributed by atoms with Gasteiger partial charge in [-0.1, -0.05) is 13.8 Å². The Morgan fingerprint density at radius 2 is 1.87 bits per heavy atom. The van der Waals surface area contributed by atoms with Gasteiger partial charge in [-0.2, -0.15) is 5.26 Å². The molecule has 0 aromatic carbocycles. The van der Waals surface area contributed by atoms with Crippen LogP contribution >= 0.6 is 0 Å². The molecule has 0 bridgehead atoms. The van der Waals surface area contributed by atoms with E-state index in [-0.39, 0.29) is 12.3 Å². The lowest BCUT2D eigenvalue weighted by Gasteiger charge is -2.18. The van der Waals surface area contributed by atoms with E-state index in [9.17, 15) is 9.59 Å². The second kappa shape index (κ2) is 6.02. The van der Waals surface area contributed by atoms with E-state index in [0.717, 1.165) is 0 Å². The molecule has 2 N–H and O–H groups in total. The SMILES string of the molecule is CC(C)CC(CC(=O)O)C(C#N)C(=O)O. The lowest BCUT2D eigenvalue weighted by molar-refractivity contribution is -0.143. The molecule has 5 nitrogen and oxygen atoms in total. The third kappa shape index (κ3) is 5.01. The molecule has 5 heteroatoms. The summed E-state index contributed by atoms with van der Waals surface area (Å²) < 4.78 is 0. The number of carbonyl (C=O) groups is 2. The summed E-state index contributed by atoms with van der Waals surface area (Å²) in [7, 11) is 0. The van der Waals surface area contributed by atoms with Gasteiger partial charge in [0.15, 0.2) is 0 Å². The van der Waals surface area contributed by atoms with Crippen molar-refractivity contribution >= 4 is 11.9 Å². The molecule has 0 aliphatic rings. The molecule has 0 heterocycles. The van der Waals surface area contributed by atoms with Crippen LogP contribution in [0.4, 0.5) is 0 Å². The van der Waals surface area contributed by atoms with E-state index in [4.69, 9.17) is 15.5 Å². The summed E-state index contributed by atoms with van der Waals surface area (Å²) in [6.07, 6.45) is 0.152. The number of aliphatic carboxylic acids is 2. The molecule has 0 saturated heterocycles. The second-order valence-electron chi connectivity index (χ2n) is 3.93. The van der Waals surface area contributed by atoms with Crippen molar-refractivity contribution in [2.24, 2.45) is 17.8 Å². The molecule has 0 aromatic heterocycles. The maximum Gasteiger partial charge on any atom is 0.321 e. The Balaban J connectivity index is 4.67. The Morgan fingerprint density at radius 1 is 1.33 bits per heavy atom. The van der Waals surface area contributed by atoms with Gasteiger partial charge >= 0.3 is 11.9 Å². The predicted molar refractivity (Wildman–Crippen MR) is 51.9 cm³/mol. The fourth-order valence-electron chi connectivity index (χ4n) is 1.53. The van der Waals surface area contributed by atoms with E-state index in [1.165, 1.54) is 0 Å². The molecule has 0 spiro atoms. The molecular weight excluding hydrogens is 198 g/mol. The summed E-state index contributed by atoms with van der Waals surface area (Å²) in [5.74, 6) is -4.00. The van der Waals surface area contributed by atoms with Crippen LogP contribution in [-0.2, 0) is 9.59 Å². The molecule has 2 unspecified atom stereocenters. The van der Waals surface area contributed by atoms with Crippen LogP contribution in [0, 0.1) is 29.1 Å². The molecule has 0 saturated carbocycles. The molecule has 0 fully saturated rings. The van der Waals surface area contributed by atoms with Crippen LogP contribution < -0.4 is 0 Å². The van der Waals surface area contributed by atoms with Gasteiger partial charge in [0.2, 0.25) is 0 Å². The highest BCUT2D eigenvalue weighted by atomic mass is 16.4. The van der Waals surface area contributed by atoms with Gasteiger partial charge in [-0.05, 0) is 18.3 Å². The number of hydrogen-bond acceptors (Lipinski definition) is 3. The van der Waals surface area contributed by atoms with Crippen LogP contribution in [0.15, 0.2) is 0 Å². The molecule has 0 aliphatic heterocycles. The molecule has 0 amide bonds. The van der Waals surface area contributed by atoms with Crippen LogP contribution in [0.2, 0.25) is 0 Å². The lowest BCUT2D eigenvalue weighted by atomic mass is 9.84. The van der Waals surface area contributed by atoms with Crippen LogP contribution in [0.5, 0.6) is 0 Å². The maximum atomic E-state index is 10.7. The van der Waals surface area contributed by atoms with Crippen LogP contribution in [0.25, 0.3) is 0 Å². The van der Waals surface area contributed by atoms with Crippen molar-refractivity contribution < 1.29 is 19.8 Å². The maximum absolute atomic E-state index is 10.7. The molecule has 15 heavy (non-hydrogen) atoms. The number of nitriles is 1. The van der Waals surface area contributed by atoms with E-state index in [1.54, 1.807) is 6.07 Å². The standard InChI is InChI=1S/C10H15NO4/c1-6(2)3-7(4-9(12)13)8(5-11)10(14)15/h6-8H,3-4H2,1-2H3,(H,12,13)(H,14,15). The van der Waals surface area contributed by atoms with Gasteiger partial charge in [0.05, 0.1) is 6.07 Å². The topological polar surface area (TPSA) is 98.4 Å². The first-order chi connectivity index (χ1) is 6.88. The zero-order valence-corrected chi connectivity index (χ0v) is 8.80. The highest BCUT2D eigenvalue weighted by Gasteiger charge is 2.30. The largest absolute Gasteiger partial charge is 0.481 e. The normalized spacial score (nSPS) is 14.3. The number of nitrogens with zero attached hydrogens (tertiary/aromatic N) is 1. The zero-order valence-electron chi connectivity index (χ0n) is 8.80. The van der Waals surface area contributed by atoms with Gasteiger partial charge in [-0.15, -0.1) is 0 Å². The quantitative estimate of drug-likeness (QED) is 0.693. The van der Waals surface area contributed by atoms with Gasteiger partial charge < -0.3 is 10.2 Å². The van der Waals surface area contributed by atoms with Crippen LogP contribution in [0.3, 0.4) is 0 Å². The van der Waals surface area contributed by atoms with E-state index in [2.05, 4.69) is 0 Å². The molecule has 0 radical (unpaired) electrons. The highest BCUT2D eigenvalue weighted by Crippen LogP contribution is 2.24. The van der Waals surface area contributed by atoms with Gasteiger partial charge in [-0.25, -0.2) is 0 Å². The van der Waals surface area contributed by atoms with E-state index in [1.807, 2.05) is 13.8 Å². The number of carboxylic acids is 2. The van der Waals surface area contributed by atoms with E-state index < -0.39 is 23.8 Å². The van der Waals surface area contributed by atoms with Gasteiger partial charge in [0, 0.05) is 6.42 Å². The van der Waals surface area contributed by atoms with Crippen molar-refractivity contribution in [2.75, 3.05) is 0 Å². The minimum absolute atomic E-state index is 0.171. The molecule has 2 atom stereocenters. The van der Waals surface area contributed by atoms with Crippen molar-refractivity contribution in [2.45, 2.75) is 26.7 Å². The Labute approximate surface area is 88.3 Å². The van der Waals surface area contributed by atoms with Crippen molar-refractivity contribution in [1.82, 2.24) is 0 Å². The van der Waals surface area contributed by atoms with E-state index in [0.29, 0.717) is 6.42 Å². The fraction of sp³-hybridized carbons (Fsp3) is 0.700. The fourth-order valence-corrected chi connectivity index (χ4v) is 1.53. The lowest BCUT2D eigenvalue weighted by Crippen LogP contribution is -2.25. The summed E-state index contributed by atoms with van der Waals surface area (Å²) >= 11 is 0. The Morgan fingerprint density at radius 3 is 2.13 bits per heavy atom. The average Bonchev–Trinajstić information content (AvgIpc) is 2.01. The third-order valence-corrected chi connectivity index (χ3v) is 2.09. The highest BCUT2D eigenvalue weighted by molar-refractivity contribution is 5.75. The zero-order chi connectivity index (χ0) is 12.0. The van der Waals surface area contributed by atoms with Gasteiger partial charge in [0.1, 0.15) is 5.92 Å².